The predicted molar refractivity (Wildman–Crippen MR) is 69.7 cm³/mol. The molecule has 0 saturated heterocycles. The van der Waals surface area contributed by atoms with E-state index in [1.807, 2.05) is 29.8 Å². The van der Waals surface area contributed by atoms with Crippen molar-refractivity contribution in [2.75, 3.05) is 5.73 Å². The molecule has 1 aliphatic rings. The molecule has 0 unspecified atom stereocenters. The van der Waals surface area contributed by atoms with Gasteiger partial charge >= 0.3 is 0 Å². The Morgan fingerprint density at radius 3 is 2.94 bits per heavy atom. The van der Waals surface area contributed by atoms with Crippen molar-refractivity contribution < 1.29 is 0 Å². The minimum Gasteiger partial charge on any atom is -0.382 e. The van der Waals surface area contributed by atoms with Crippen molar-refractivity contribution in [2.45, 2.75) is 26.2 Å². The maximum atomic E-state index is 6.27. The van der Waals surface area contributed by atoms with Gasteiger partial charge in [-0.1, -0.05) is 17.7 Å². The largest absolute Gasteiger partial charge is 0.382 e. The molecule has 2 aromatic rings. The van der Waals surface area contributed by atoms with Gasteiger partial charge in [-0.05, 0) is 43.9 Å². The normalized spacial score (nSPS) is 14.0. The smallest absolute Gasteiger partial charge is 0.149 e. The third-order valence-electron chi connectivity index (χ3n) is 3.29. The molecule has 3 nitrogen and oxygen atoms in total. The maximum absolute atomic E-state index is 6.27. The van der Waals surface area contributed by atoms with Crippen LogP contribution in [-0.4, -0.2) is 9.78 Å². The number of aryl methyl sites for hydroxylation is 1. The Kier molecular flexibility index (Phi) is 2.37. The van der Waals surface area contributed by atoms with E-state index < -0.39 is 0 Å². The van der Waals surface area contributed by atoms with Gasteiger partial charge in [0.2, 0.25) is 0 Å². The van der Waals surface area contributed by atoms with Gasteiger partial charge in [0.25, 0.3) is 0 Å². The van der Waals surface area contributed by atoms with Crippen LogP contribution in [0.3, 0.4) is 0 Å². The van der Waals surface area contributed by atoms with E-state index in [0.717, 1.165) is 35.5 Å². The lowest BCUT2D eigenvalue weighted by molar-refractivity contribution is 0.788. The molecule has 1 heterocycles. The van der Waals surface area contributed by atoms with Gasteiger partial charge in [0.1, 0.15) is 5.82 Å². The molecule has 0 radical (unpaired) electrons. The van der Waals surface area contributed by atoms with Gasteiger partial charge in [0, 0.05) is 11.3 Å². The SMILES string of the molecule is Cc1ccc(-n2nc(N)c3c2CCC3)c(Cl)c1. The first-order chi connectivity index (χ1) is 8.16. The quantitative estimate of drug-likeness (QED) is 0.842. The average molecular weight is 248 g/mol. The predicted octanol–water partition coefficient (Wildman–Crippen LogP) is 2.91. The van der Waals surface area contributed by atoms with Crippen LogP contribution in [0.1, 0.15) is 23.2 Å². The molecule has 1 aliphatic carbocycles. The number of benzene rings is 1. The lowest BCUT2D eigenvalue weighted by Crippen LogP contribution is -2.02. The fraction of sp³-hybridized carbons (Fsp3) is 0.308. The van der Waals surface area contributed by atoms with Gasteiger partial charge in [0.15, 0.2) is 0 Å². The number of hydrogen-bond donors (Lipinski definition) is 1. The van der Waals surface area contributed by atoms with Crippen LogP contribution in [-0.2, 0) is 12.8 Å². The minimum atomic E-state index is 0.647. The van der Waals surface area contributed by atoms with E-state index in [-0.39, 0.29) is 0 Å². The van der Waals surface area contributed by atoms with Crippen LogP contribution in [0.5, 0.6) is 0 Å². The number of fused-ring (bicyclic) bond motifs is 1. The Bertz CT molecular complexity index is 587. The zero-order chi connectivity index (χ0) is 12.0. The van der Waals surface area contributed by atoms with E-state index in [4.69, 9.17) is 17.3 Å². The zero-order valence-electron chi connectivity index (χ0n) is 9.70. The number of hydrogen-bond acceptors (Lipinski definition) is 2. The summed E-state index contributed by atoms with van der Waals surface area (Å²) in [6, 6.07) is 6.00. The molecule has 0 fully saturated rings. The Balaban J connectivity index is 2.19. The standard InChI is InChI=1S/C13H14ClN3/c1-8-5-6-12(10(14)7-8)17-11-4-2-3-9(11)13(15)16-17/h5-7H,2-4H2,1H3,(H2,15,16). The minimum absolute atomic E-state index is 0.647. The lowest BCUT2D eigenvalue weighted by atomic mass is 10.2. The first kappa shape index (κ1) is 10.7. The van der Waals surface area contributed by atoms with Crippen molar-refractivity contribution in [3.8, 4) is 5.69 Å². The summed E-state index contributed by atoms with van der Waals surface area (Å²) in [5, 5.41) is 5.13. The summed E-state index contributed by atoms with van der Waals surface area (Å²) in [5.41, 5.74) is 10.4. The molecule has 1 aromatic heterocycles. The van der Waals surface area contributed by atoms with Gasteiger partial charge in [-0.25, -0.2) is 4.68 Å². The molecule has 2 N–H and O–H groups in total. The first-order valence-electron chi connectivity index (χ1n) is 5.79. The highest BCUT2D eigenvalue weighted by Gasteiger charge is 2.22. The highest BCUT2D eigenvalue weighted by molar-refractivity contribution is 6.32. The van der Waals surface area contributed by atoms with Gasteiger partial charge in [-0.3, -0.25) is 0 Å². The van der Waals surface area contributed by atoms with E-state index in [1.165, 1.54) is 11.3 Å². The second kappa shape index (κ2) is 3.77. The van der Waals surface area contributed by atoms with Crippen LogP contribution in [0.4, 0.5) is 5.82 Å². The topological polar surface area (TPSA) is 43.8 Å². The molecular formula is C13H14ClN3. The van der Waals surface area contributed by atoms with E-state index in [1.54, 1.807) is 0 Å². The number of halogens is 1. The highest BCUT2D eigenvalue weighted by atomic mass is 35.5. The van der Waals surface area contributed by atoms with Crippen molar-refractivity contribution in [1.82, 2.24) is 9.78 Å². The number of aromatic nitrogens is 2. The fourth-order valence-corrected chi connectivity index (χ4v) is 2.76. The summed E-state index contributed by atoms with van der Waals surface area (Å²) in [4.78, 5) is 0. The Hall–Kier alpha value is -1.48. The van der Waals surface area contributed by atoms with Gasteiger partial charge in [-0.2, -0.15) is 5.10 Å². The van der Waals surface area contributed by atoms with Gasteiger partial charge in [0.05, 0.1) is 10.7 Å². The van der Waals surface area contributed by atoms with E-state index in [2.05, 4.69) is 5.10 Å². The second-order valence-electron chi connectivity index (χ2n) is 4.53. The van der Waals surface area contributed by atoms with Gasteiger partial charge < -0.3 is 5.73 Å². The number of nitrogens with two attached hydrogens (primary N) is 1. The van der Waals surface area contributed by atoms with E-state index in [9.17, 15) is 0 Å². The lowest BCUT2D eigenvalue weighted by Gasteiger charge is -2.08. The van der Waals surface area contributed by atoms with Gasteiger partial charge in [-0.15, -0.1) is 0 Å². The molecule has 17 heavy (non-hydrogen) atoms. The zero-order valence-corrected chi connectivity index (χ0v) is 10.5. The Morgan fingerprint density at radius 1 is 1.35 bits per heavy atom. The number of anilines is 1. The second-order valence-corrected chi connectivity index (χ2v) is 4.94. The summed E-state index contributed by atoms with van der Waals surface area (Å²) in [6.07, 6.45) is 3.22. The maximum Gasteiger partial charge on any atom is 0.149 e. The third kappa shape index (κ3) is 1.62. The fourth-order valence-electron chi connectivity index (χ4n) is 2.45. The average Bonchev–Trinajstić information content (AvgIpc) is 2.84. The molecule has 0 spiro atoms. The number of nitrogen functional groups attached to an aromatic ring is 1. The van der Waals surface area contributed by atoms with Crippen molar-refractivity contribution in [3.63, 3.8) is 0 Å². The summed E-state index contributed by atoms with van der Waals surface area (Å²) in [5.74, 6) is 0.647. The van der Waals surface area contributed by atoms with Crippen LogP contribution in [0.2, 0.25) is 5.02 Å². The molecule has 0 bridgehead atoms. The van der Waals surface area contributed by atoms with Crippen LogP contribution in [0.15, 0.2) is 18.2 Å². The molecular weight excluding hydrogens is 234 g/mol. The molecule has 1 aromatic carbocycles. The summed E-state index contributed by atoms with van der Waals surface area (Å²) in [7, 11) is 0. The van der Waals surface area contributed by atoms with E-state index >= 15 is 0 Å². The van der Waals surface area contributed by atoms with Crippen molar-refractivity contribution in [2.24, 2.45) is 0 Å². The van der Waals surface area contributed by atoms with Crippen LogP contribution in [0, 0.1) is 6.92 Å². The molecule has 0 aliphatic heterocycles. The molecule has 0 amide bonds. The van der Waals surface area contributed by atoms with Crippen molar-refractivity contribution in [1.29, 1.82) is 0 Å². The summed E-state index contributed by atoms with van der Waals surface area (Å²) in [6.45, 7) is 2.03. The molecule has 3 rings (SSSR count). The van der Waals surface area contributed by atoms with Crippen LogP contribution >= 0.6 is 11.6 Å². The van der Waals surface area contributed by atoms with Crippen LogP contribution in [0.25, 0.3) is 5.69 Å². The monoisotopic (exact) mass is 247 g/mol. The number of rotatable bonds is 1. The van der Waals surface area contributed by atoms with Crippen LogP contribution < -0.4 is 5.73 Å². The first-order valence-corrected chi connectivity index (χ1v) is 6.17. The Labute approximate surface area is 105 Å². The number of nitrogens with zero attached hydrogens (tertiary/aromatic N) is 2. The highest BCUT2D eigenvalue weighted by Crippen LogP contribution is 2.31. The molecule has 0 saturated carbocycles. The molecule has 88 valence electrons. The van der Waals surface area contributed by atoms with Crippen molar-refractivity contribution >= 4 is 17.4 Å². The third-order valence-corrected chi connectivity index (χ3v) is 3.60. The molecule has 4 heteroatoms. The Morgan fingerprint density at radius 2 is 2.18 bits per heavy atom. The summed E-state index contributed by atoms with van der Waals surface area (Å²) >= 11 is 6.27. The van der Waals surface area contributed by atoms with E-state index in [0.29, 0.717) is 5.82 Å². The van der Waals surface area contributed by atoms with Crippen molar-refractivity contribution in [3.05, 3.63) is 40.0 Å². The summed E-state index contributed by atoms with van der Waals surface area (Å²) < 4.78 is 1.90. The molecule has 0 atom stereocenters.